The molecule has 0 atom stereocenters. The van der Waals surface area contributed by atoms with Gasteiger partial charge in [-0.3, -0.25) is 4.79 Å². The Balaban J connectivity index is 2.00. The molecule has 0 spiro atoms. The Kier molecular flexibility index (Phi) is 5.91. The fourth-order valence-corrected chi connectivity index (χ4v) is 3.25. The summed E-state index contributed by atoms with van der Waals surface area (Å²) in [5.74, 6) is 1.50. The molecule has 0 unspecified atom stereocenters. The Morgan fingerprint density at radius 3 is 2.29 bits per heavy atom. The molecule has 1 N–H and O–H groups in total. The largest absolute Gasteiger partial charge is 0.496 e. The van der Waals surface area contributed by atoms with Gasteiger partial charge in [0.15, 0.2) is 0 Å². The highest BCUT2D eigenvalue weighted by molar-refractivity contribution is 9.09. The van der Waals surface area contributed by atoms with Crippen LogP contribution >= 0.6 is 15.9 Å². The van der Waals surface area contributed by atoms with Crippen molar-refractivity contribution in [3.8, 4) is 11.5 Å². The number of rotatable bonds is 5. The molecule has 1 aromatic carbocycles. The van der Waals surface area contributed by atoms with Crippen molar-refractivity contribution < 1.29 is 14.3 Å². The minimum absolute atomic E-state index is 0.134. The molecule has 1 aromatic rings. The van der Waals surface area contributed by atoms with Gasteiger partial charge in [-0.2, -0.15) is 0 Å². The lowest BCUT2D eigenvalue weighted by Gasteiger charge is -2.25. The first kappa shape index (κ1) is 16.1. The van der Waals surface area contributed by atoms with Crippen LogP contribution in [0.2, 0.25) is 0 Å². The lowest BCUT2D eigenvalue weighted by Crippen LogP contribution is -2.31. The molecule has 1 aliphatic rings. The molecule has 0 bridgehead atoms. The third-order valence-corrected chi connectivity index (χ3v) is 4.90. The summed E-state index contributed by atoms with van der Waals surface area (Å²) in [6, 6.07) is 5.35. The highest BCUT2D eigenvalue weighted by Gasteiger charge is 2.22. The van der Waals surface area contributed by atoms with E-state index in [9.17, 15) is 4.79 Å². The van der Waals surface area contributed by atoms with E-state index in [4.69, 9.17) is 9.47 Å². The van der Waals surface area contributed by atoms with Gasteiger partial charge in [0.05, 0.1) is 14.2 Å². The third kappa shape index (κ3) is 4.13. The molecule has 1 fully saturated rings. The number of carbonyl (C=O) groups is 1. The highest BCUT2D eigenvalue weighted by Crippen LogP contribution is 2.30. The van der Waals surface area contributed by atoms with E-state index in [1.54, 1.807) is 26.4 Å². The molecule has 1 aliphatic carbocycles. The van der Waals surface area contributed by atoms with Crippen LogP contribution in [0.1, 0.15) is 36.0 Å². The average molecular weight is 356 g/mol. The lowest BCUT2D eigenvalue weighted by molar-refractivity contribution is 0.0937. The normalized spacial score (nSPS) is 21.7. The molecule has 1 amide bonds. The van der Waals surface area contributed by atoms with E-state index in [1.165, 1.54) is 12.8 Å². The van der Waals surface area contributed by atoms with E-state index in [1.807, 2.05) is 6.07 Å². The summed E-state index contributed by atoms with van der Waals surface area (Å²) in [5.41, 5.74) is 0.469. The van der Waals surface area contributed by atoms with E-state index < -0.39 is 0 Å². The standard InChI is InChI=1S/C16H22BrNO3/c1-20-13-4-3-5-14(21-2)15(13)16(19)18-10-11-6-8-12(17)9-7-11/h3-5,11-12H,6-10H2,1-2H3,(H,18,19). The maximum Gasteiger partial charge on any atom is 0.258 e. The molecular formula is C16H22BrNO3. The van der Waals surface area contributed by atoms with Crippen LogP contribution in [0.15, 0.2) is 18.2 Å². The number of carbonyl (C=O) groups excluding carboxylic acids is 1. The second kappa shape index (κ2) is 7.69. The zero-order valence-corrected chi connectivity index (χ0v) is 14.1. The number of nitrogens with one attached hydrogen (secondary N) is 1. The van der Waals surface area contributed by atoms with Crippen molar-refractivity contribution in [1.82, 2.24) is 5.32 Å². The molecule has 0 aliphatic heterocycles. The van der Waals surface area contributed by atoms with E-state index in [0.29, 0.717) is 34.4 Å². The maximum atomic E-state index is 12.4. The molecule has 5 heteroatoms. The maximum absolute atomic E-state index is 12.4. The molecule has 0 aromatic heterocycles. The first-order chi connectivity index (χ1) is 10.2. The van der Waals surface area contributed by atoms with Crippen LogP contribution in [0.5, 0.6) is 11.5 Å². The van der Waals surface area contributed by atoms with Crippen LogP contribution in [-0.4, -0.2) is 31.5 Å². The number of methoxy groups -OCH3 is 2. The summed E-state index contributed by atoms with van der Waals surface area (Å²) in [7, 11) is 3.12. The van der Waals surface area contributed by atoms with Crippen LogP contribution in [0.3, 0.4) is 0 Å². The summed E-state index contributed by atoms with van der Waals surface area (Å²) in [5, 5.41) is 3.02. The second-order valence-corrected chi connectivity index (χ2v) is 6.66. The summed E-state index contributed by atoms with van der Waals surface area (Å²) < 4.78 is 10.5. The minimum atomic E-state index is -0.134. The number of benzene rings is 1. The van der Waals surface area contributed by atoms with Gasteiger partial charge in [-0.1, -0.05) is 22.0 Å². The lowest BCUT2D eigenvalue weighted by atomic mass is 9.89. The fourth-order valence-electron chi connectivity index (χ4n) is 2.73. The second-order valence-electron chi connectivity index (χ2n) is 5.37. The first-order valence-electron chi connectivity index (χ1n) is 7.29. The Bertz CT molecular complexity index is 462. The van der Waals surface area contributed by atoms with Crippen molar-refractivity contribution in [2.24, 2.45) is 5.92 Å². The Morgan fingerprint density at radius 2 is 1.76 bits per heavy atom. The van der Waals surface area contributed by atoms with Gasteiger partial charge in [-0.15, -0.1) is 0 Å². The Hall–Kier alpha value is -1.23. The number of hydrogen-bond donors (Lipinski definition) is 1. The van der Waals surface area contributed by atoms with Crippen molar-refractivity contribution in [2.45, 2.75) is 30.5 Å². The predicted molar refractivity (Wildman–Crippen MR) is 86.6 cm³/mol. The molecule has 0 saturated heterocycles. The van der Waals surface area contributed by atoms with Gasteiger partial charge in [0.25, 0.3) is 5.91 Å². The minimum Gasteiger partial charge on any atom is -0.496 e. The Labute approximate surface area is 134 Å². The molecular weight excluding hydrogens is 334 g/mol. The topological polar surface area (TPSA) is 47.6 Å². The average Bonchev–Trinajstić information content (AvgIpc) is 2.53. The van der Waals surface area contributed by atoms with Crippen LogP contribution < -0.4 is 14.8 Å². The molecule has 0 heterocycles. The van der Waals surface area contributed by atoms with E-state index in [2.05, 4.69) is 21.2 Å². The van der Waals surface area contributed by atoms with E-state index >= 15 is 0 Å². The SMILES string of the molecule is COc1cccc(OC)c1C(=O)NCC1CCC(Br)CC1. The number of amides is 1. The Morgan fingerprint density at radius 1 is 1.19 bits per heavy atom. The monoisotopic (exact) mass is 355 g/mol. The van der Waals surface area contributed by atoms with Crippen LogP contribution in [0.4, 0.5) is 0 Å². The van der Waals surface area contributed by atoms with E-state index in [-0.39, 0.29) is 5.91 Å². The van der Waals surface area contributed by atoms with Gasteiger partial charge in [0.2, 0.25) is 0 Å². The van der Waals surface area contributed by atoms with E-state index in [0.717, 1.165) is 12.8 Å². The van der Waals surface area contributed by atoms with Crippen molar-refractivity contribution in [2.75, 3.05) is 20.8 Å². The highest BCUT2D eigenvalue weighted by atomic mass is 79.9. The number of halogens is 1. The molecule has 1 saturated carbocycles. The van der Waals surface area contributed by atoms with Gasteiger partial charge in [-0.05, 0) is 43.7 Å². The van der Waals surface area contributed by atoms with Crippen molar-refractivity contribution in [1.29, 1.82) is 0 Å². The predicted octanol–water partition coefficient (Wildman–Crippen LogP) is 3.39. The van der Waals surface area contributed by atoms with Gasteiger partial charge in [0.1, 0.15) is 17.1 Å². The van der Waals surface area contributed by atoms with Crippen LogP contribution in [0.25, 0.3) is 0 Å². The first-order valence-corrected chi connectivity index (χ1v) is 8.20. The molecule has 4 nitrogen and oxygen atoms in total. The number of alkyl halides is 1. The summed E-state index contributed by atoms with van der Waals surface area (Å²) >= 11 is 3.65. The fraction of sp³-hybridized carbons (Fsp3) is 0.562. The van der Waals surface area contributed by atoms with Crippen molar-refractivity contribution in [3.05, 3.63) is 23.8 Å². The summed E-state index contributed by atoms with van der Waals surface area (Å²) in [4.78, 5) is 13.1. The summed E-state index contributed by atoms with van der Waals surface area (Å²) in [6.45, 7) is 0.708. The number of ether oxygens (including phenoxy) is 2. The van der Waals surface area contributed by atoms with Crippen LogP contribution in [-0.2, 0) is 0 Å². The quantitative estimate of drug-likeness (QED) is 0.823. The zero-order chi connectivity index (χ0) is 15.2. The molecule has 0 radical (unpaired) electrons. The van der Waals surface area contributed by atoms with Gasteiger partial charge in [0, 0.05) is 11.4 Å². The van der Waals surface area contributed by atoms with Crippen LogP contribution in [0, 0.1) is 5.92 Å². The molecule has 2 rings (SSSR count). The zero-order valence-electron chi connectivity index (χ0n) is 12.5. The number of hydrogen-bond acceptors (Lipinski definition) is 3. The van der Waals surface area contributed by atoms with Crippen molar-refractivity contribution >= 4 is 21.8 Å². The van der Waals surface area contributed by atoms with Crippen molar-refractivity contribution in [3.63, 3.8) is 0 Å². The van der Waals surface area contributed by atoms with Gasteiger partial charge in [-0.25, -0.2) is 0 Å². The molecule has 116 valence electrons. The van der Waals surface area contributed by atoms with Gasteiger partial charge < -0.3 is 14.8 Å². The smallest absolute Gasteiger partial charge is 0.258 e. The van der Waals surface area contributed by atoms with Gasteiger partial charge >= 0.3 is 0 Å². The third-order valence-electron chi connectivity index (χ3n) is 3.98. The molecule has 21 heavy (non-hydrogen) atoms. The summed E-state index contributed by atoms with van der Waals surface area (Å²) in [6.07, 6.45) is 4.66.